The Bertz CT molecular complexity index is 872. The van der Waals surface area contributed by atoms with E-state index in [1.165, 1.54) is 17.1 Å². The molecule has 1 saturated heterocycles. The van der Waals surface area contributed by atoms with Crippen LogP contribution in [0.15, 0.2) is 35.4 Å². The summed E-state index contributed by atoms with van der Waals surface area (Å²) >= 11 is 0. The first-order valence-corrected chi connectivity index (χ1v) is 10.6. The van der Waals surface area contributed by atoms with Gasteiger partial charge in [0, 0.05) is 25.2 Å². The Morgan fingerprint density at radius 2 is 1.88 bits per heavy atom. The summed E-state index contributed by atoms with van der Waals surface area (Å²) in [5, 5.41) is 8.45. The molecule has 2 heterocycles. The monoisotopic (exact) mass is 376 g/mol. The first kappa shape index (κ1) is 17.5. The second-order valence-electron chi connectivity index (χ2n) is 7.34. The van der Waals surface area contributed by atoms with Gasteiger partial charge in [0.15, 0.2) is 0 Å². The number of benzene rings is 1. The number of aromatic nitrogens is 3. The number of hydrogen-bond acceptors (Lipinski definition) is 5. The summed E-state index contributed by atoms with van der Waals surface area (Å²) in [6, 6.07) is 6.69. The minimum atomic E-state index is -3.51. The SMILES string of the molecule is CC(C)Oc1ccc(S(=O)(=O)N2CCC(n3cc(C4CC4)nn3)C2)cc1. The van der Waals surface area contributed by atoms with Crippen LogP contribution in [0.3, 0.4) is 0 Å². The van der Waals surface area contributed by atoms with Gasteiger partial charge in [-0.3, -0.25) is 0 Å². The van der Waals surface area contributed by atoms with E-state index < -0.39 is 10.0 Å². The Morgan fingerprint density at radius 3 is 2.54 bits per heavy atom. The zero-order valence-electron chi connectivity index (χ0n) is 15.1. The normalized spacial score (nSPS) is 21.4. The smallest absolute Gasteiger partial charge is 0.243 e. The maximum Gasteiger partial charge on any atom is 0.243 e. The van der Waals surface area contributed by atoms with E-state index in [4.69, 9.17) is 4.74 Å². The molecular weight excluding hydrogens is 352 g/mol. The molecule has 2 aromatic rings. The molecule has 0 radical (unpaired) electrons. The highest BCUT2D eigenvalue weighted by Gasteiger charge is 2.35. The van der Waals surface area contributed by atoms with E-state index in [0.29, 0.717) is 29.7 Å². The molecule has 0 spiro atoms. The Labute approximate surface area is 154 Å². The van der Waals surface area contributed by atoms with Gasteiger partial charge in [-0.05, 0) is 57.4 Å². The fourth-order valence-corrected chi connectivity index (χ4v) is 4.78. The number of nitrogens with zero attached hydrogens (tertiary/aromatic N) is 4. The number of rotatable bonds is 6. The predicted molar refractivity (Wildman–Crippen MR) is 96.6 cm³/mol. The average Bonchev–Trinajstić information content (AvgIpc) is 3.12. The lowest BCUT2D eigenvalue weighted by Gasteiger charge is -2.17. The summed E-state index contributed by atoms with van der Waals surface area (Å²) in [5.41, 5.74) is 1.03. The van der Waals surface area contributed by atoms with Gasteiger partial charge in [-0.1, -0.05) is 5.21 Å². The Morgan fingerprint density at radius 1 is 1.15 bits per heavy atom. The highest BCUT2D eigenvalue weighted by Crippen LogP contribution is 2.39. The van der Waals surface area contributed by atoms with Crippen molar-refractivity contribution >= 4 is 10.0 Å². The van der Waals surface area contributed by atoms with Gasteiger partial charge in [0.2, 0.25) is 10.0 Å². The van der Waals surface area contributed by atoms with E-state index in [1.54, 1.807) is 24.3 Å². The second-order valence-corrected chi connectivity index (χ2v) is 9.28. The minimum Gasteiger partial charge on any atom is -0.491 e. The number of hydrogen-bond donors (Lipinski definition) is 0. The van der Waals surface area contributed by atoms with Crippen LogP contribution in [0, 0.1) is 0 Å². The van der Waals surface area contributed by atoms with E-state index in [1.807, 2.05) is 24.7 Å². The summed E-state index contributed by atoms with van der Waals surface area (Å²) in [6.07, 6.45) is 5.15. The van der Waals surface area contributed by atoms with Crippen molar-refractivity contribution in [2.45, 2.75) is 56.1 Å². The molecule has 1 saturated carbocycles. The quantitative estimate of drug-likeness (QED) is 0.774. The van der Waals surface area contributed by atoms with E-state index in [-0.39, 0.29) is 12.1 Å². The zero-order chi connectivity index (χ0) is 18.3. The molecule has 26 heavy (non-hydrogen) atoms. The highest BCUT2D eigenvalue weighted by molar-refractivity contribution is 7.89. The molecule has 140 valence electrons. The van der Waals surface area contributed by atoms with E-state index in [2.05, 4.69) is 10.3 Å². The van der Waals surface area contributed by atoms with Crippen LogP contribution in [-0.4, -0.2) is 46.9 Å². The highest BCUT2D eigenvalue weighted by atomic mass is 32.2. The molecule has 7 nitrogen and oxygen atoms in total. The van der Waals surface area contributed by atoms with Crippen LogP contribution < -0.4 is 4.74 Å². The van der Waals surface area contributed by atoms with E-state index in [9.17, 15) is 8.42 Å². The summed E-state index contributed by atoms with van der Waals surface area (Å²) < 4.78 is 34.8. The molecule has 0 amide bonds. The number of ether oxygens (including phenoxy) is 1. The first-order valence-electron chi connectivity index (χ1n) is 9.12. The minimum absolute atomic E-state index is 0.0494. The Kier molecular flexibility index (Phi) is 4.48. The van der Waals surface area contributed by atoms with Gasteiger partial charge >= 0.3 is 0 Å². The largest absolute Gasteiger partial charge is 0.491 e. The van der Waals surface area contributed by atoms with Gasteiger partial charge < -0.3 is 4.74 Å². The summed E-state index contributed by atoms with van der Waals surface area (Å²) in [5.74, 6) is 1.23. The van der Waals surface area contributed by atoms with Crippen molar-refractivity contribution in [3.05, 3.63) is 36.2 Å². The molecule has 2 aliphatic rings. The molecule has 1 aliphatic heterocycles. The molecule has 8 heteroatoms. The Hall–Kier alpha value is -1.93. The predicted octanol–water partition coefficient (Wildman–Crippen LogP) is 2.58. The van der Waals surface area contributed by atoms with Crippen molar-refractivity contribution in [3.8, 4) is 5.75 Å². The van der Waals surface area contributed by atoms with Crippen molar-refractivity contribution in [1.29, 1.82) is 0 Å². The third kappa shape index (κ3) is 3.48. The van der Waals surface area contributed by atoms with Crippen LogP contribution in [0.2, 0.25) is 0 Å². The lowest BCUT2D eigenvalue weighted by Crippen LogP contribution is -2.29. The van der Waals surface area contributed by atoms with Gasteiger partial charge in [-0.2, -0.15) is 4.31 Å². The van der Waals surface area contributed by atoms with Gasteiger partial charge in [-0.25, -0.2) is 13.1 Å². The standard InChI is InChI=1S/C18H24N4O3S/c1-13(2)25-16-5-7-17(8-6-16)26(23,24)21-10-9-15(11-21)22-12-18(19-20-22)14-3-4-14/h5-8,12-15H,3-4,9-11H2,1-2H3. The fourth-order valence-electron chi connectivity index (χ4n) is 3.29. The molecule has 0 N–H and O–H groups in total. The summed E-state index contributed by atoms with van der Waals surface area (Å²) in [4.78, 5) is 0.298. The van der Waals surface area contributed by atoms with Crippen molar-refractivity contribution < 1.29 is 13.2 Å². The van der Waals surface area contributed by atoms with Crippen LogP contribution in [0.25, 0.3) is 0 Å². The van der Waals surface area contributed by atoms with E-state index >= 15 is 0 Å². The molecule has 4 rings (SSSR count). The molecule has 2 fully saturated rings. The van der Waals surface area contributed by atoms with Crippen molar-refractivity contribution in [2.24, 2.45) is 0 Å². The molecule has 0 bridgehead atoms. The molecule has 1 unspecified atom stereocenters. The van der Waals surface area contributed by atoms with Crippen LogP contribution in [0.5, 0.6) is 5.75 Å². The average molecular weight is 376 g/mol. The van der Waals surface area contributed by atoms with Gasteiger partial charge in [0.25, 0.3) is 0 Å². The zero-order valence-corrected chi connectivity index (χ0v) is 15.9. The summed E-state index contributed by atoms with van der Waals surface area (Å²) in [6.45, 7) is 4.80. The summed E-state index contributed by atoms with van der Waals surface area (Å²) in [7, 11) is -3.51. The lowest BCUT2D eigenvalue weighted by molar-refractivity contribution is 0.242. The van der Waals surface area contributed by atoms with E-state index in [0.717, 1.165) is 12.1 Å². The fraction of sp³-hybridized carbons (Fsp3) is 0.556. The van der Waals surface area contributed by atoms with Gasteiger partial charge in [-0.15, -0.1) is 5.10 Å². The van der Waals surface area contributed by atoms with Crippen molar-refractivity contribution in [3.63, 3.8) is 0 Å². The van der Waals surface area contributed by atoms with Gasteiger partial charge in [0.05, 0.1) is 22.7 Å². The van der Waals surface area contributed by atoms with Gasteiger partial charge in [0.1, 0.15) is 5.75 Å². The van der Waals surface area contributed by atoms with Crippen molar-refractivity contribution in [2.75, 3.05) is 13.1 Å². The van der Waals surface area contributed by atoms with Crippen molar-refractivity contribution in [1.82, 2.24) is 19.3 Å². The topological polar surface area (TPSA) is 77.3 Å². The lowest BCUT2D eigenvalue weighted by atomic mass is 10.2. The number of sulfonamides is 1. The third-order valence-electron chi connectivity index (χ3n) is 4.86. The molecule has 1 atom stereocenters. The molecule has 1 aliphatic carbocycles. The van der Waals surface area contributed by atoms with Crippen LogP contribution in [-0.2, 0) is 10.0 Å². The molecule has 1 aromatic carbocycles. The molecule has 1 aromatic heterocycles. The van der Waals surface area contributed by atoms with Crippen LogP contribution in [0.1, 0.15) is 50.8 Å². The third-order valence-corrected chi connectivity index (χ3v) is 6.74. The first-order chi connectivity index (χ1) is 12.4. The maximum atomic E-state index is 12.9. The molecular formula is C18H24N4O3S. The second kappa shape index (κ2) is 6.66. The van der Waals surface area contributed by atoms with Crippen LogP contribution in [0.4, 0.5) is 0 Å². The maximum absolute atomic E-state index is 12.9. The van der Waals surface area contributed by atoms with Crippen LogP contribution >= 0.6 is 0 Å². The Balaban J connectivity index is 1.46.